The summed E-state index contributed by atoms with van der Waals surface area (Å²) in [6.45, 7) is 0.267. The van der Waals surface area contributed by atoms with E-state index in [0.29, 0.717) is 5.69 Å². The van der Waals surface area contributed by atoms with Gasteiger partial charge in [-0.2, -0.15) is 0 Å². The van der Waals surface area contributed by atoms with E-state index in [1.54, 1.807) is 5.38 Å². The Labute approximate surface area is 175 Å². The molecule has 0 spiro atoms. The molecule has 2 aromatic carbocycles. The SMILES string of the molecule is O=C1C(Oc2c(F)cccc2F)CCN1c1ccc(S(=O)(=O)Nc2nccs2)cc1. The molecule has 7 nitrogen and oxygen atoms in total. The molecule has 1 unspecified atom stereocenters. The maximum Gasteiger partial charge on any atom is 0.268 e. The summed E-state index contributed by atoms with van der Waals surface area (Å²) in [5.74, 6) is -2.83. The fraction of sp³-hybridized carbons (Fsp3) is 0.158. The number of benzene rings is 2. The van der Waals surface area contributed by atoms with E-state index in [9.17, 15) is 22.0 Å². The Hall–Kier alpha value is -3.05. The highest BCUT2D eigenvalue weighted by atomic mass is 32.2. The Morgan fingerprint density at radius 2 is 1.83 bits per heavy atom. The first-order chi connectivity index (χ1) is 14.3. The second kappa shape index (κ2) is 8.00. The molecule has 1 aliphatic heterocycles. The van der Waals surface area contributed by atoms with Crippen LogP contribution in [0.25, 0.3) is 0 Å². The Bertz CT molecular complexity index is 1150. The number of nitrogens with zero attached hydrogens (tertiary/aromatic N) is 2. The first kappa shape index (κ1) is 20.2. The van der Waals surface area contributed by atoms with Crippen LogP contribution in [0.5, 0.6) is 5.75 Å². The molecule has 3 aromatic rings. The number of carbonyl (C=O) groups is 1. The number of para-hydroxylation sites is 1. The van der Waals surface area contributed by atoms with Gasteiger partial charge in [-0.15, -0.1) is 11.3 Å². The summed E-state index contributed by atoms with van der Waals surface area (Å²) in [5.41, 5.74) is 0.452. The third-order valence-corrected chi connectivity index (χ3v) is 6.62. The number of sulfonamides is 1. The summed E-state index contributed by atoms with van der Waals surface area (Å²) >= 11 is 1.15. The van der Waals surface area contributed by atoms with Crippen LogP contribution in [0.15, 0.2) is 58.9 Å². The van der Waals surface area contributed by atoms with Crippen LogP contribution in [0.3, 0.4) is 0 Å². The third kappa shape index (κ3) is 3.98. The van der Waals surface area contributed by atoms with E-state index in [4.69, 9.17) is 4.74 Å². The van der Waals surface area contributed by atoms with Gasteiger partial charge in [-0.1, -0.05) is 6.07 Å². The molecule has 0 aliphatic carbocycles. The highest BCUT2D eigenvalue weighted by Gasteiger charge is 2.35. The van der Waals surface area contributed by atoms with E-state index < -0.39 is 39.4 Å². The lowest BCUT2D eigenvalue weighted by Crippen LogP contribution is -2.32. The fourth-order valence-electron chi connectivity index (χ4n) is 3.01. The van der Waals surface area contributed by atoms with E-state index in [1.165, 1.54) is 41.4 Å². The lowest BCUT2D eigenvalue weighted by molar-refractivity contribution is -0.123. The summed E-state index contributed by atoms with van der Waals surface area (Å²) in [7, 11) is -3.81. The maximum atomic E-state index is 13.8. The van der Waals surface area contributed by atoms with Crippen molar-refractivity contribution in [3.8, 4) is 5.75 Å². The van der Waals surface area contributed by atoms with Gasteiger partial charge in [0.1, 0.15) is 0 Å². The molecule has 1 aliphatic rings. The lowest BCUT2D eigenvalue weighted by Gasteiger charge is -2.18. The summed E-state index contributed by atoms with van der Waals surface area (Å²) in [5, 5.41) is 1.89. The van der Waals surface area contributed by atoms with Gasteiger partial charge in [0.15, 0.2) is 28.6 Å². The van der Waals surface area contributed by atoms with Crippen LogP contribution in [0, 0.1) is 11.6 Å². The van der Waals surface area contributed by atoms with Gasteiger partial charge in [0.2, 0.25) is 0 Å². The predicted octanol–water partition coefficient (Wildman–Crippen LogP) is 3.41. The molecule has 30 heavy (non-hydrogen) atoms. The molecule has 1 aromatic heterocycles. The normalized spacial score (nSPS) is 16.7. The third-order valence-electron chi connectivity index (χ3n) is 4.45. The molecular weight excluding hydrogens is 436 g/mol. The molecule has 156 valence electrons. The van der Waals surface area contributed by atoms with Crippen molar-refractivity contribution in [3.05, 3.63) is 65.7 Å². The van der Waals surface area contributed by atoms with Crippen LogP contribution in [0.4, 0.5) is 19.6 Å². The molecule has 4 rings (SSSR count). The van der Waals surface area contributed by atoms with Crippen LogP contribution < -0.4 is 14.4 Å². The fourth-order valence-corrected chi connectivity index (χ4v) is 4.80. The van der Waals surface area contributed by atoms with Gasteiger partial charge in [0, 0.05) is 30.2 Å². The number of hydrogen-bond donors (Lipinski definition) is 1. The number of hydrogen-bond acceptors (Lipinski definition) is 6. The molecule has 0 bridgehead atoms. The number of amides is 1. The zero-order valence-corrected chi connectivity index (χ0v) is 16.9. The second-order valence-corrected chi connectivity index (χ2v) is 8.95. The number of nitrogens with one attached hydrogen (secondary N) is 1. The van der Waals surface area contributed by atoms with Gasteiger partial charge in [0.25, 0.3) is 15.9 Å². The van der Waals surface area contributed by atoms with Crippen LogP contribution in [-0.4, -0.2) is 32.0 Å². The summed E-state index contributed by atoms with van der Waals surface area (Å²) in [4.78, 5) is 17.9. The molecule has 11 heteroatoms. The Morgan fingerprint density at radius 1 is 1.13 bits per heavy atom. The number of thiazole rings is 1. The predicted molar refractivity (Wildman–Crippen MR) is 107 cm³/mol. The highest BCUT2D eigenvalue weighted by Crippen LogP contribution is 2.29. The smallest absolute Gasteiger partial charge is 0.268 e. The van der Waals surface area contributed by atoms with Crippen LogP contribution in [-0.2, 0) is 14.8 Å². The zero-order chi connectivity index (χ0) is 21.3. The second-order valence-electron chi connectivity index (χ2n) is 6.37. The Kier molecular flexibility index (Phi) is 5.39. The van der Waals surface area contributed by atoms with Gasteiger partial charge in [-0.3, -0.25) is 9.52 Å². The van der Waals surface area contributed by atoms with Gasteiger partial charge in [-0.25, -0.2) is 22.2 Å². The van der Waals surface area contributed by atoms with Crippen molar-refractivity contribution in [2.75, 3.05) is 16.2 Å². The van der Waals surface area contributed by atoms with E-state index in [-0.39, 0.29) is 23.0 Å². The first-order valence-electron chi connectivity index (χ1n) is 8.79. The molecule has 1 N–H and O–H groups in total. The quantitative estimate of drug-likeness (QED) is 0.621. The number of anilines is 2. The molecule has 1 fully saturated rings. The van der Waals surface area contributed by atoms with Crippen molar-refractivity contribution >= 4 is 38.1 Å². The molecule has 1 amide bonds. The van der Waals surface area contributed by atoms with Crippen molar-refractivity contribution < 1.29 is 26.7 Å². The lowest BCUT2D eigenvalue weighted by atomic mass is 10.2. The van der Waals surface area contributed by atoms with Crippen LogP contribution >= 0.6 is 11.3 Å². The standard InChI is InChI=1S/C19H15F2N3O4S2/c20-14-2-1-3-15(21)17(14)28-16-8-10-24(18(16)25)12-4-6-13(7-5-12)30(26,27)23-19-22-9-11-29-19/h1-7,9,11,16H,8,10H2,(H,22,23). The highest BCUT2D eigenvalue weighted by molar-refractivity contribution is 7.93. The minimum atomic E-state index is -3.81. The van der Waals surface area contributed by atoms with Gasteiger partial charge >= 0.3 is 0 Å². The maximum absolute atomic E-state index is 13.8. The van der Waals surface area contributed by atoms with Gasteiger partial charge in [-0.05, 0) is 36.4 Å². The van der Waals surface area contributed by atoms with Crippen LogP contribution in [0.1, 0.15) is 6.42 Å². The molecule has 1 saturated heterocycles. The average molecular weight is 451 g/mol. The van der Waals surface area contributed by atoms with Gasteiger partial charge in [0.05, 0.1) is 4.90 Å². The summed E-state index contributed by atoms with van der Waals surface area (Å²) in [6, 6.07) is 9.01. The van der Waals surface area contributed by atoms with E-state index >= 15 is 0 Å². The van der Waals surface area contributed by atoms with Crippen molar-refractivity contribution in [3.63, 3.8) is 0 Å². The largest absolute Gasteiger partial charge is 0.474 e. The summed E-state index contributed by atoms with van der Waals surface area (Å²) < 4.78 is 60.0. The minimum absolute atomic E-state index is 0.00863. The number of halogens is 2. The number of carbonyl (C=O) groups excluding carboxylic acids is 1. The minimum Gasteiger partial charge on any atom is -0.474 e. The zero-order valence-electron chi connectivity index (χ0n) is 15.3. The molecule has 0 saturated carbocycles. The topological polar surface area (TPSA) is 88.6 Å². The number of aromatic nitrogens is 1. The molecular formula is C19H15F2N3O4S2. The van der Waals surface area contributed by atoms with E-state index in [0.717, 1.165) is 23.5 Å². The molecule has 2 heterocycles. The van der Waals surface area contributed by atoms with Crippen molar-refractivity contribution in [2.45, 2.75) is 17.4 Å². The number of ether oxygens (including phenoxy) is 1. The summed E-state index contributed by atoms with van der Waals surface area (Å²) in [6.07, 6.45) is 0.681. The average Bonchev–Trinajstić information content (AvgIpc) is 3.34. The van der Waals surface area contributed by atoms with Crippen LogP contribution in [0.2, 0.25) is 0 Å². The van der Waals surface area contributed by atoms with Gasteiger partial charge < -0.3 is 9.64 Å². The molecule has 1 atom stereocenters. The first-order valence-corrected chi connectivity index (χ1v) is 11.2. The van der Waals surface area contributed by atoms with Crippen molar-refractivity contribution in [1.29, 1.82) is 0 Å². The monoisotopic (exact) mass is 451 g/mol. The van der Waals surface area contributed by atoms with E-state index in [2.05, 4.69) is 9.71 Å². The Morgan fingerprint density at radius 3 is 2.47 bits per heavy atom. The Balaban J connectivity index is 1.48. The molecule has 0 radical (unpaired) electrons. The number of rotatable bonds is 6. The van der Waals surface area contributed by atoms with Crippen molar-refractivity contribution in [2.24, 2.45) is 0 Å². The van der Waals surface area contributed by atoms with E-state index in [1.807, 2.05) is 0 Å². The van der Waals surface area contributed by atoms with Crippen molar-refractivity contribution in [1.82, 2.24) is 4.98 Å².